The van der Waals surface area contributed by atoms with E-state index in [-0.39, 0.29) is 5.84 Å². The van der Waals surface area contributed by atoms with E-state index < -0.39 is 0 Å². The Hall–Kier alpha value is -0.220. The van der Waals surface area contributed by atoms with Crippen molar-refractivity contribution in [2.45, 2.75) is 12.5 Å². The molecule has 3 nitrogen and oxygen atoms in total. The molecule has 0 aromatic carbocycles. The van der Waals surface area contributed by atoms with Crippen molar-refractivity contribution in [3.63, 3.8) is 0 Å². The van der Waals surface area contributed by atoms with Crippen LogP contribution in [-0.2, 0) is 0 Å². The average molecular weight is 173 g/mol. The molecule has 0 bridgehead atoms. The van der Waals surface area contributed by atoms with Gasteiger partial charge >= 0.3 is 0 Å². The molecule has 0 amide bonds. The molecule has 0 spiro atoms. The average Bonchev–Trinajstić information content (AvgIpc) is 2.35. The van der Waals surface area contributed by atoms with Crippen molar-refractivity contribution in [1.82, 2.24) is 4.90 Å². The Labute approximate surface area is 71.8 Å². The molecular weight excluding hydrogens is 158 g/mol. The Morgan fingerprint density at radius 1 is 1.82 bits per heavy atom. The number of nitrogens with two attached hydrogens (primary N) is 1. The van der Waals surface area contributed by atoms with Gasteiger partial charge in [0.1, 0.15) is 5.84 Å². The number of nitrogens with zero attached hydrogens (tertiary/aromatic N) is 1. The maximum atomic E-state index is 7.12. The van der Waals surface area contributed by atoms with Gasteiger partial charge in [-0.05, 0) is 19.2 Å². The molecule has 1 aliphatic rings. The number of rotatable bonds is 3. The van der Waals surface area contributed by atoms with Gasteiger partial charge in [-0.25, -0.2) is 0 Å². The van der Waals surface area contributed by atoms with Crippen molar-refractivity contribution in [3.8, 4) is 0 Å². The van der Waals surface area contributed by atoms with Gasteiger partial charge in [0, 0.05) is 11.8 Å². The van der Waals surface area contributed by atoms with Crippen molar-refractivity contribution in [2.75, 3.05) is 25.1 Å². The van der Waals surface area contributed by atoms with Crippen LogP contribution in [0.4, 0.5) is 0 Å². The highest BCUT2D eigenvalue weighted by molar-refractivity contribution is 7.99. The summed E-state index contributed by atoms with van der Waals surface area (Å²) in [6, 6.07) is 0.642. The second-order valence-electron chi connectivity index (χ2n) is 2.96. The summed E-state index contributed by atoms with van der Waals surface area (Å²) in [6.07, 6.45) is 1.24. The summed E-state index contributed by atoms with van der Waals surface area (Å²) in [5, 5.41) is 7.12. The first-order chi connectivity index (χ1) is 5.20. The van der Waals surface area contributed by atoms with E-state index in [9.17, 15) is 0 Å². The van der Waals surface area contributed by atoms with Crippen LogP contribution in [0.5, 0.6) is 0 Å². The molecule has 1 saturated heterocycles. The lowest BCUT2D eigenvalue weighted by Gasteiger charge is -2.22. The van der Waals surface area contributed by atoms with Gasteiger partial charge < -0.3 is 5.73 Å². The van der Waals surface area contributed by atoms with Crippen LogP contribution in [0.15, 0.2) is 0 Å². The van der Waals surface area contributed by atoms with Crippen LogP contribution in [0.3, 0.4) is 0 Å². The largest absolute Gasteiger partial charge is 0.387 e. The highest BCUT2D eigenvalue weighted by atomic mass is 32.2. The topological polar surface area (TPSA) is 53.1 Å². The maximum absolute atomic E-state index is 7.12. The standard InChI is InChI=1S/C7H15N3S/c1-10(4-7(8)9)6-2-3-11-5-6/h6H,2-5H2,1H3,(H3,8,9). The SMILES string of the molecule is CN(CC(=N)N)C1CCSC1. The normalized spacial score (nSPS) is 24.4. The van der Waals surface area contributed by atoms with Crippen molar-refractivity contribution in [1.29, 1.82) is 5.41 Å². The zero-order chi connectivity index (χ0) is 8.27. The molecule has 11 heavy (non-hydrogen) atoms. The molecule has 1 fully saturated rings. The number of thioether (sulfide) groups is 1. The Morgan fingerprint density at radius 3 is 3.00 bits per heavy atom. The zero-order valence-electron chi connectivity index (χ0n) is 6.84. The summed E-state index contributed by atoms with van der Waals surface area (Å²) in [5.41, 5.74) is 5.30. The number of amidine groups is 1. The van der Waals surface area contributed by atoms with Gasteiger partial charge in [0.15, 0.2) is 0 Å². The van der Waals surface area contributed by atoms with Gasteiger partial charge in [-0.2, -0.15) is 11.8 Å². The predicted octanol–water partition coefficient (Wildman–Crippen LogP) is 0.360. The van der Waals surface area contributed by atoms with E-state index in [0.29, 0.717) is 12.6 Å². The second kappa shape index (κ2) is 3.97. The molecule has 1 aliphatic heterocycles. The minimum Gasteiger partial charge on any atom is -0.387 e. The molecule has 1 atom stereocenters. The highest BCUT2D eigenvalue weighted by Gasteiger charge is 2.19. The van der Waals surface area contributed by atoms with E-state index in [4.69, 9.17) is 11.1 Å². The molecule has 64 valence electrons. The summed E-state index contributed by atoms with van der Waals surface area (Å²) < 4.78 is 0. The number of nitrogens with one attached hydrogen (secondary N) is 1. The fourth-order valence-electron chi connectivity index (χ4n) is 1.27. The molecule has 4 heteroatoms. The van der Waals surface area contributed by atoms with E-state index >= 15 is 0 Å². The lowest BCUT2D eigenvalue weighted by Crippen LogP contribution is -2.38. The first-order valence-corrected chi connectivity index (χ1v) is 4.96. The van der Waals surface area contributed by atoms with E-state index in [2.05, 4.69) is 4.90 Å². The van der Waals surface area contributed by atoms with Crippen LogP contribution in [0, 0.1) is 5.41 Å². The van der Waals surface area contributed by atoms with Crippen molar-refractivity contribution in [3.05, 3.63) is 0 Å². The summed E-state index contributed by atoms with van der Waals surface area (Å²) >= 11 is 1.98. The fourth-order valence-corrected chi connectivity index (χ4v) is 2.57. The van der Waals surface area contributed by atoms with Crippen LogP contribution < -0.4 is 5.73 Å². The summed E-state index contributed by atoms with van der Waals surface area (Å²) in [4.78, 5) is 2.17. The molecule has 0 aromatic heterocycles. The Kier molecular flexibility index (Phi) is 3.20. The number of likely N-dealkylation sites (N-methyl/N-ethyl adjacent to an activating group) is 1. The molecule has 0 radical (unpaired) electrons. The summed E-state index contributed by atoms with van der Waals surface area (Å²) in [5.74, 6) is 2.72. The maximum Gasteiger partial charge on any atom is 0.105 e. The molecule has 3 N–H and O–H groups in total. The van der Waals surface area contributed by atoms with Gasteiger partial charge in [-0.15, -0.1) is 0 Å². The van der Waals surface area contributed by atoms with Crippen molar-refractivity contribution >= 4 is 17.6 Å². The molecule has 1 rings (SSSR count). The second-order valence-corrected chi connectivity index (χ2v) is 4.11. The highest BCUT2D eigenvalue weighted by Crippen LogP contribution is 2.20. The van der Waals surface area contributed by atoms with Gasteiger partial charge in [-0.3, -0.25) is 10.3 Å². The minimum absolute atomic E-state index is 0.268. The fraction of sp³-hybridized carbons (Fsp3) is 0.857. The molecule has 0 saturated carbocycles. The lowest BCUT2D eigenvalue weighted by molar-refractivity contribution is 0.297. The van der Waals surface area contributed by atoms with Gasteiger partial charge in [0.25, 0.3) is 0 Å². The molecular formula is C7H15N3S. The van der Waals surface area contributed by atoms with Crippen LogP contribution in [0.2, 0.25) is 0 Å². The molecule has 1 unspecified atom stereocenters. The van der Waals surface area contributed by atoms with Gasteiger partial charge in [-0.1, -0.05) is 0 Å². The monoisotopic (exact) mass is 173 g/mol. The lowest BCUT2D eigenvalue weighted by atomic mass is 10.2. The van der Waals surface area contributed by atoms with Crippen molar-refractivity contribution in [2.24, 2.45) is 5.73 Å². The Bertz CT molecular complexity index is 143. The zero-order valence-corrected chi connectivity index (χ0v) is 7.66. The summed E-state index contributed by atoms with van der Waals surface area (Å²) in [7, 11) is 2.04. The van der Waals surface area contributed by atoms with Crippen LogP contribution in [0.1, 0.15) is 6.42 Å². The number of hydrogen-bond donors (Lipinski definition) is 2. The predicted molar refractivity (Wildman–Crippen MR) is 50.3 cm³/mol. The first-order valence-electron chi connectivity index (χ1n) is 3.81. The molecule has 1 heterocycles. The first kappa shape index (κ1) is 8.87. The van der Waals surface area contributed by atoms with E-state index in [1.54, 1.807) is 0 Å². The van der Waals surface area contributed by atoms with Gasteiger partial charge in [0.05, 0.1) is 6.54 Å². The van der Waals surface area contributed by atoms with Crippen LogP contribution in [-0.4, -0.2) is 41.9 Å². The third-order valence-electron chi connectivity index (χ3n) is 1.95. The Morgan fingerprint density at radius 2 is 2.55 bits per heavy atom. The van der Waals surface area contributed by atoms with Gasteiger partial charge in [0.2, 0.25) is 0 Å². The third-order valence-corrected chi connectivity index (χ3v) is 3.09. The summed E-state index contributed by atoms with van der Waals surface area (Å²) in [6.45, 7) is 0.616. The molecule has 0 aliphatic carbocycles. The molecule has 0 aromatic rings. The van der Waals surface area contributed by atoms with Crippen LogP contribution >= 0.6 is 11.8 Å². The van der Waals surface area contributed by atoms with E-state index in [1.165, 1.54) is 17.9 Å². The smallest absolute Gasteiger partial charge is 0.105 e. The van der Waals surface area contributed by atoms with E-state index in [1.807, 2.05) is 18.8 Å². The number of hydrogen-bond acceptors (Lipinski definition) is 3. The minimum atomic E-state index is 0.268. The van der Waals surface area contributed by atoms with Crippen molar-refractivity contribution < 1.29 is 0 Å². The Balaban J connectivity index is 2.28. The van der Waals surface area contributed by atoms with Crippen LogP contribution in [0.25, 0.3) is 0 Å². The quantitative estimate of drug-likeness (QED) is 0.478. The van der Waals surface area contributed by atoms with E-state index in [0.717, 1.165) is 0 Å². The third kappa shape index (κ3) is 2.71.